The lowest BCUT2D eigenvalue weighted by atomic mass is 10.1. The molecular weight excluding hydrogens is 634 g/mol. The molecule has 0 bridgehead atoms. The van der Waals surface area contributed by atoms with Crippen molar-refractivity contribution >= 4 is 40.1 Å². The molecule has 1 aromatic carbocycles. The van der Waals surface area contributed by atoms with Gasteiger partial charge in [-0.15, -0.1) is 5.10 Å². The van der Waals surface area contributed by atoms with E-state index in [1.54, 1.807) is 17.0 Å². The first-order valence-electron chi connectivity index (χ1n) is 14.2. The van der Waals surface area contributed by atoms with E-state index >= 15 is 0 Å². The highest BCUT2D eigenvalue weighted by molar-refractivity contribution is 6.31. The van der Waals surface area contributed by atoms with Crippen molar-refractivity contribution in [1.82, 2.24) is 29.7 Å². The first kappa shape index (κ1) is 32.8. The molecule has 5 rings (SSSR count). The summed E-state index contributed by atoms with van der Waals surface area (Å²) in [6.45, 7) is 8.58. The summed E-state index contributed by atoms with van der Waals surface area (Å²) in [7, 11) is 2.11. The van der Waals surface area contributed by atoms with Gasteiger partial charge in [0.05, 0.1) is 12.0 Å². The molecule has 0 radical (unpaired) electrons. The second kappa shape index (κ2) is 13.0. The van der Waals surface area contributed by atoms with E-state index in [0.717, 1.165) is 56.7 Å². The van der Waals surface area contributed by atoms with E-state index in [9.17, 15) is 31.1 Å². The highest BCUT2D eigenvalue weighted by Gasteiger charge is 2.45. The molecule has 246 valence electrons. The molecule has 0 N–H and O–H groups in total. The van der Waals surface area contributed by atoms with Gasteiger partial charge in [-0.05, 0) is 32.5 Å². The van der Waals surface area contributed by atoms with Crippen LogP contribution in [-0.4, -0.2) is 114 Å². The molecular formula is C27H31ClF6N8O3. The third-order valence-corrected chi connectivity index (χ3v) is 7.99. The standard InChI is InChI=1S/C27H31ClF6N8O3/c1-17-19(14-18(28)15-20(17)44-13-3-4-39-7-5-38(2)6-8-39)40-9-11-41(12-10-40)23-21-22(26(29,30)31)37-42(24(21)36-16-35-23)45-25(43)27(32,33)34/h14-16H,3-13H2,1-2H3. The Kier molecular flexibility index (Phi) is 9.51. The SMILES string of the molecule is Cc1c(OCCCN2CCN(C)CC2)cc(Cl)cc1N1CCN(c2ncnc3c2c(C(F)(F)F)nn3OC(=O)C(F)(F)F)CC1. The fourth-order valence-corrected chi connectivity index (χ4v) is 5.57. The summed E-state index contributed by atoms with van der Waals surface area (Å²) in [4.78, 5) is 31.2. The second-order valence-corrected chi connectivity index (χ2v) is 11.3. The van der Waals surface area contributed by atoms with E-state index in [0.29, 0.717) is 30.5 Å². The molecule has 18 heteroatoms. The van der Waals surface area contributed by atoms with Crippen molar-refractivity contribution in [3.05, 3.63) is 34.7 Å². The summed E-state index contributed by atoms with van der Waals surface area (Å²) >= 11 is 6.44. The number of benzene rings is 1. The lowest BCUT2D eigenvalue weighted by molar-refractivity contribution is -0.201. The van der Waals surface area contributed by atoms with E-state index in [4.69, 9.17) is 16.3 Å². The Morgan fingerprint density at radius 3 is 2.27 bits per heavy atom. The van der Waals surface area contributed by atoms with Crippen LogP contribution in [0.1, 0.15) is 17.7 Å². The number of anilines is 2. The Hall–Kier alpha value is -3.57. The van der Waals surface area contributed by atoms with Gasteiger partial charge in [-0.3, -0.25) is 0 Å². The largest absolute Gasteiger partial charge is 0.493 e. The van der Waals surface area contributed by atoms with Gasteiger partial charge in [0.25, 0.3) is 0 Å². The van der Waals surface area contributed by atoms with Gasteiger partial charge in [-0.2, -0.15) is 26.3 Å². The van der Waals surface area contributed by atoms with Crippen LogP contribution in [0.3, 0.4) is 0 Å². The molecule has 0 spiro atoms. The molecule has 2 fully saturated rings. The topological polar surface area (TPSA) is 92.1 Å². The Labute approximate surface area is 259 Å². The van der Waals surface area contributed by atoms with Crippen LogP contribution in [-0.2, 0) is 11.0 Å². The van der Waals surface area contributed by atoms with Crippen molar-refractivity contribution in [2.24, 2.45) is 0 Å². The van der Waals surface area contributed by atoms with Crippen LogP contribution in [0.5, 0.6) is 5.75 Å². The van der Waals surface area contributed by atoms with E-state index < -0.39 is 35.0 Å². The third kappa shape index (κ3) is 7.47. The molecule has 45 heavy (non-hydrogen) atoms. The van der Waals surface area contributed by atoms with Crippen LogP contribution in [0.4, 0.5) is 37.8 Å². The summed E-state index contributed by atoms with van der Waals surface area (Å²) in [6, 6.07) is 3.55. The van der Waals surface area contributed by atoms with Crippen molar-refractivity contribution in [1.29, 1.82) is 0 Å². The number of rotatable bonds is 8. The van der Waals surface area contributed by atoms with Crippen LogP contribution in [0.25, 0.3) is 11.0 Å². The number of aromatic nitrogens is 4. The first-order chi connectivity index (χ1) is 21.2. The number of fused-ring (bicyclic) bond motifs is 1. The van der Waals surface area contributed by atoms with Crippen LogP contribution < -0.4 is 19.4 Å². The normalized spacial score (nSPS) is 17.3. The van der Waals surface area contributed by atoms with Gasteiger partial charge in [0.2, 0.25) is 5.65 Å². The van der Waals surface area contributed by atoms with Crippen LogP contribution in [0.2, 0.25) is 5.02 Å². The fraction of sp³-hybridized carbons (Fsp3) is 0.556. The predicted molar refractivity (Wildman–Crippen MR) is 153 cm³/mol. The molecule has 2 aliphatic heterocycles. The number of halogens is 7. The number of alkyl halides is 6. The van der Waals surface area contributed by atoms with Gasteiger partial charge in [0, 0.05) is 75.2 Å². The Morgan fingerprint density at radius 2 is 1.62 bits per heavy atom. The van der Waals surface area contributed by atoms with Gasteiger partial charge in [0.1, 0.15) is 17.9 Å². The molecule has 2 aliphatic rings. The number of carbonyl (C=O) groups excluding carboxylic acids is 1. The highest BCUT2D eigenvalue weighted by Crippen LogP contribution is 2.38. The molecule has 2 saturated heterocycles. The number of nitrogens with zero attached hydrogens (tertiary/aromatic N) is 8. The number of hydrogen-bond donors (Lipinski definition) is 0. The van der Waals surface area contributed by atoms with E-state index in [1.807, 2.05) is 11.8 Å². The van der Waals surface area contributed by atoms with Gasteiger partial charge < -0.3 is 29.2 Å². The minimum Gasteiger partial charge on any atom is -0.493 e. The lowest BCUT2D eigenvalue weighted by Crippen LogP contribution is -2.47. The molecule has 11 nitrogen and oxygen atoms in total. The zero-order chi connectivity index (χ0) is 32.5. The minimum atomic E-state index is -5.46. The van der Waals surface area contributed by atoms with Crippen molar-refractivity contribution in [2.75, 3.05) is 82.4 Å². The quantitative estimate of drug-likeness (QED) is 0.263. The van der Waals surface area contributed by atoms with Gasteiger partial charge >= 0.3 is 18.3 Å². The highest BCUT2D eigenvalue weighted by atomic mass is 35.5. The minimum absolute atomic E-state index is 0.169. The molecule has 0 unspecified atom stereocenters. The summed E-state index contributed by atoms with van der Waals surface area (Å²) in [5, 5.41) is 2.89. The maximum Gasteiger partial charge on any atom is 0.493 e. The van der Waals surface area contributed by atoms with E-state index in [1.165, 1.54) is 0 Å². The van der Waals surface area contributed by atoms with Crippen molar-refractivity contribution in [3.63, 3.8) is 0 Å². The van der Waals surface area contributed by atoms with E-state index in [-0.39, 0.29) is 23.8 Å². The molecule has 0 atom stereocenters. The molecule has 4 heterocycles. The summed E-state index contributed by atoms with van der Waals surface area (Å²) in [6.07, 6.45) is -8.84. The zero-order valence-corrected chi connectivity index (χ0v) is 25.2. The Bertz CT molecular complexity index is 1520. The molecule has 2 aromatic heterocycles. The fourth-order valence-electron chi connectivity index (χ4n) is 5.36. The van der Waals surface area contributed by atoms with Crippen LogP contribution in [0.15, 0.2) is 18.5 Å². The average molecular weight is 665 g/mol. The van der Waals surface area contributed by atoms with Crippen molar-refractivity contribution in [2.45, 2.75) is 25.7 Å². The molecule has 3 aromatic rings. The summed E-state index contributed by atoms with van der Waals surface area (Å²) < 4.78 is 86.1. The van der Waals surface area contributed by atoms with Crippen LogP contribution >= 0.6 is 11.6 Å². The van der Waals surface area contributed by atoms with Gasteiger partial charge in [0.15, 0.2) is 5.69 Å². The van der Waals surface area contributed by atoms with Crippen LogP contribution in [0, 0.1) is 6.92 Å². The van der Waals surface area contributed by atoms with Gasteiger partial charge in [-0.25, -0.2) is 14.8 Å². The Balaban J connectivity index is 1.29. The third-order valence-electron chi connectivity index (χ3n) is 7.77. The molecule has 0 saturated carbocycles. The smallest absolute Gasteiger partial charge is 0.493 e. The van der Waals surface area contributed by atoms with Crippen molar-refractivity contribution < 1.29 is 40.7 Å². The number of ether oxygens (including phenoxy) is 1. The predicted octanol–water partition coefficient (Wildman–Crippen LogP) is 3.67. The molecule has 0 aliphatic carbocycles. The van der Waals surface area contributed by atoms with Crippen molar-refractivity contribution in [3.8, 4) is 5.75 Å². The zero-order valence-electron chi connectivity index (χ0n) is 24.5. The number of likely N-dealkylation sites (N-methyl/N-ethyl adjacent to an activating group) is 1. The lowest BCUT2D eigenvalue weighted by Gasteiger charge is -2.37. The Morgan fingerprint density at radius 1 is 0.956 bits per heavy atom. The maximum atomic E-state index is 13.9. The average Bonchev–Trinajstić information content (AvgIpc) is 3.36. The summed E-state index contributed by atoms with van der Waals surface area (Å²) in [5.41, 5.74) is -0.631. The maximum absolute atomic E-state index is 13.9. The monoisotopic (exact) mass is 664 g/mol. The first-order valence-corrected chi connectivity index (χ1v) is 14.5. The molecule has 0 amide bonds. The number of piperazine rings is 2. The number of hydrogen-bond acceptors (Lipinski definition) is 10. The van der Waals surface area contributed by atoms with Gasteiger partial charge in [-0.1, -0.05) is 16.4 Å². The summed E-state index contributed by atoms with van der Waals surface area (Å²) in [5.74, 6) is -2.30. The number of carbonyl (C=O) groups is 1. The van der Waals surface area contributed by atoms with E-state index in [2.05, 4.69) is 36.8 Å². The second-order valence-electron chi connectivity index (χ2n) is 10.9.